The number of amides is 1. The van der Waals surface area contributed by atoms with Crippen LogP contribution in [0.5, 0.6) is 0 Å². The van der Waals surface area contributed by atoms with E-state index in [-0.39, 0.29) is 5.91 Å². The normalized spacial score (nSPS) is 15.8. The van der Waals surface area contributed by atoms with Gasteiger partial charge in [0.25, 0.3) is 5.91 Å². The van der Waals surface area contributed by atoms with Crippen molar-refractivity contribution < 1.29 is 4.79 Å². The smallest absolute Gasteiger partial charge is 0.256 e. The van der Waals surface area contributed by atoms with Crippen molar-refractivity contribution in [2.24, 2.45) is 0 Å². The predicted molar refractivity (Wildman–Crippen MR) is 87.4 cm³/mol. The fourth-order valence-electron chi connectivity index (χ4n) is 2.56. The monoisotopic (exact) mass is 299 g/mol. The standard InChI is InChI=1S/C16H21N5O/c1-12-11-15(19-18-12)17-16(22)13-3-5-14(6-4-13)21-9-7-20(2)8-10-21/h3-6,11H,7-10H2,1-2H3,(H2,17,18,19,22). The van der Waals surface area contributed by atoms with Gasteiger partial charge in [-0.05, 0) is 38.2 Å². The third-order valence-electron chi connectivity index (χ3n) is 3.95. The fourth-order valence-corrected chi connectivity index (χ4v) is 2.56. The van der Waals surface area contributed by atoms with E-state index in [4.69, 9.17) is 0 Å². The Hall–Kier alpha value is -2.34. The van der Waals surface area contributed by atoms with Crippen LogP contribution in [-0.2, 0) is 0 Å². The Balaban J connectivity index is 1.64. The molecule has 2 N–H and O–H groups in total. The van der Waals surface area contributed by atoms with Gasteiger partial charge >= 0.3 is 0 Å². The number of hydrogen-bond acceptors (Lipinski definition) is 4. The van der Waals surface area contributed by atoms with Crippen LogP contribution in [0.15, 0.2) is 30.3 Å². The van der Waals surface area contributed by atoms with Gasteiger partial charge in [-0.3, -0.25) is 9.89 Å². The summed E-state index contributed by atoms with van der Waals surface area (Å²) in [4.78, 5) is 16.8. The van der Waals surface area contributed by atoms with Crippen molar-refractivity contribution in [2.75, 3.05) is 43.4 Å². The number of aryl methyl sites for hydroxylation is 1. The topological polar surface area (TPSA) is 64.3 Å². The quantitative estimate of drug-likeness (QED) is 0.906. The van der Waals surface area contributed by atoms with Gasteiger partial charge in [0, 0.05) is 49.2 Å². The van der Waals surface area contributed by atoms with E-state index in [0.717, 1.165) is 31.9 Å². The maximum atomic E-state index is 12.2. The van der Waals surface area contributed by atoms with E-state index < -0.39 is 0 Å². The first kappa shape index (κ1) is 14.6. The Kier molecular flexibility index (Phi) is 4.11. The number of likely N-dealkylation sites (N-methyl/N-ethyl adjacent to an activating group) is 1. The molecule has 22 heavy (non-hydrogen) atoms. The SMILES string of the molecule is Cc1cc(NC(=O)c2ccc(N3CCN(C)CC3)cc2)n[nH]1. The van der Waals surface area contributed by atoms with Gasteiger partial charge in [-0.2, -0.15) is 5.10 Å². The Bertz CT molecular complexity index is 641. The average Bonchev–Trinajstić information content (AvgIpc) is 2.93. The lowest BCUT2D eigenvalue weighted by Crippen LogP contribution is -2.44. The number of carbonyl (C=O) groups excluding carboxylic acids is 1. The minimum absolute atomic E-state index is 0.142. The molecule has 1 amide bonds. The highest BCUT2D eigenvalue weighted by Crippen LogP contribution is 2.17. The van der Waals surface area contributed by atoms with Crippen LogP contribution in [0.4, 0.5) is 11.5 Å². The summed E-state index contributed by atoms with van der Waals surface area (Å²) < 4.78 is 0. The van der Waals surface area contributed by atoms with Gasteiger partial charge in [0.1, 0.15) is 0 Å². The number of benzene rings is 1. The number of nitrogens with zero attached hydrogens (tertiary/aromatic N) is 3. The molecule has 0 radical (unpaired) electrons. The number of anilines is 2. The van der Waals surface area contributed by atoms with Crippen LogP contribution in [0.1, 0.15) is 16.1 Å². The number of nitrogens with one attached hydrogen (secondary N) is 2. The average molecular weight is 299 g/mol. The van der Waals surface area contributed by atoms with Crippen LogP contribution in [0, 0.1) is 6.92 Å². The van der Waals surface area contributed by atoms with E-state index in [2.05, 4.69) is 32.4 Å². The first-order chi connectivity index (χ1) is 10.6. The summed E-state index contributed by atoms with van der Waals surface area (Å²) in [6.45, 7) is 6.08. The van der Waals surface area contributed by atoms with Crippen LogP contribution >= 0.6 is 0 Å². The maximum absolute atomic E-state index is 12.2. The second-order valence-corrected chi connectivity index (χ2v) is 5.73. The van der Waals surface area contributed by atoms with E-state index in [0.29, 0.717) is 11.4 Å². The van der Waals surface area contributed by atoms with Crippen LogP contribution in [-0.4, -0.2) is 54.2 Å². The number of H-pyrrole nitrogens is 1. The van der Waals surface area contributed by atoms with Gasteiger partial charge in [-0.25, -0.2) is 0 Å². The zero-order chi connectivity index (χ0) is 15.5. The number of aromatic amines is 1. The van der Waals surface area contributed by atoms with Crippen molar-refractivity contribution in [3.63, 3.8) is 0 Å². The molecule has 0 atom stereocenters. The van der Waals surface area contributed by atoms with Gasteiger partial charge in [-0.15, -0.1) is 0 Å². The molecule has 1 aromatic heterocycles. The lowest BCUT2D eigenvalue weighted by molar-refractivity contribution is 0.102. The summed E-state index contributed by atoms with van der Waals surface area (Å²) >= 11 is 0. The molecule has 0 spiro atoms. The Morgan fingerprint density at radius 3 is 2.45 bits per heavy atom. The molecule has 6 heteroatoms. The Morgan fingerprint density at radius 2 is 1.86 bits per heavy atom. The highest BCUT2D eigenvalue weighted by Gasteiger charge is 2.15. The first-order valence-electron chi connectivity index (χ1n) is 7.49. The minimum atomic E-state index is -0.142. The number of piperazine rings is 1. The summed E-state index contributed by atoms with van der Waals surface area (Å²) in [5.41, 5.74) is 2.72. The molecule has 0 bridgehead atoms. The van der Waals surface area contributed by atoms with Crippen molar-refractivity contribution >= 4 is 17.4 Å². The van der Waals surface area contributed by atoms with Crippen molar-refractivity contribution in [3.05, 3.63) is 41.6 Å². The number of rotatable bonds is 3. The van der Waals surface area contributed by atoms with Crippen LogP contribution in [0.2, 0.25) is 0 Å². The van der Waals surface area contributed by atoms with E-state index in [1.54, 1.807) is 6.07 Å². The molecule has 0 unspecified atom stereocenters. The van der Waals surface area contributed by atoms with Gasteiger partial charge < -0.3 is 15.1 Å². The molecule has 116 valence electrons. The molecule has 0 aliphatic carbocycles. The summed E-state index contributed by atoms with van der Waals surface area (Å²) in [7, 11) is 2.14. The van der Waals surface area contributed by atoms with E-state index >= 15 is 0 Å². The molecule has 3 rings (SSSR count). The molecule has 6 nitrogen and oxygen atoms in total. The number of aromatic nitrogens is 2. The van der Waals surface area contributed by atoms with Gasteiger partial charge in [-0.1, -0.05) is 0 Å². The lowest BCUT2D eigenvalue weighted by Gasteiger charge is -2.34. The predicted octanol–water partition coefficient (Wildman–Crippen LogP) is 1.72. The number of carbonyl (C=O) groups is 1. The molecule has 2 aromatic rings. The Labute approximate surface area is 130 Å². The molecular weight excluding hydrogens is 278 g/mol. The largest absolute Gasteiger partial charge is 0.369 e. The third kappa shape index (κ3) is 3.28. The molecule has 1 aliphatic rings. The van der Waals surface area contributed by atoms with Crippen LogP contribution in [0.3, 0.4) is 0 Å². The molecule has 2 heterocycles. The molecule has 1 aromatic carbocycles. The van der Waals surface area contributed by atoms with Gasteiger partial charge in [0.15, 0.2) is 5.82 Å². The maximum Gasteiger partial charge on any atom is 0.256 e. The second kappa shape index (κ2) is 6.19. The summed E-state index contributed by atoms with van der Waals surface area (Å²) in [5, 5.41) is 9.60. The second-order valence-electron chi connectivity index (χ2n) is 5.73. The minimum Gasteiger partial charge on any atom is -0.369 e. The lowest BCUT2D eigenvalue weighted by atomic mass is 10.1. The molecule has 1 saturated heterocycles. The molecule has 1 fully saturated rings. The van der Waals surface area contributed by atoms with E-state index in [1.807, 2.05) is 31.2 Å². The first-order valence-corrected chi connectivity index (χ1v) is 7.49. The Morgan fingerprint density at radius 1 is 1.18 bits per heavy atom. The fraction of sp³-hybridized carbons (Fsp3) is 0.375. The highest BCUT2D eigenvalue weighted by atomic mass is 16.1. The van der Waals surface area contributed by atoms with Crippen molar-refractivity contribution in [1.82, 2.24) is 15.1 Å². The van der Waals surface area contributed by atoms with Gasteiger partial charge in [0.2, 0.25) is 0 Å². The number of hydrogen-bond donors (Lipinski definition) is 2. The summed E-state index contributed by atoms with van der Waals surface area (Å²) in [6, 6.07) is 9.55. The summed E-state index contributed by atoms with van der Waals surface area (Å²) in [6.07, 6.45) is 0. The zero-order valence-electron chi connectivity index (χ0n) is 13.0. The zero-order valence-corrected chi connectivity index (χ0v) is 13.0. The molecule has 1 aliphatic heterocycles. The molecule has 0 saturated carbocycles. The van der Waals surface area contributed by atoms with E-state index in [1.165, 1.54) is 5.69 Å². The van der Waals surface area contributed by atoms with Gasteiger partial charge in [0.05, 0.1) is 0 Å². The van der Waals surface area contributed by atoms with Crippen molar-refractivity contribution in [3.8, 4) is 0 Å². The third-order valence-corrected chi connectivity index (χ3v) is 3.95. The van der Waals surface area contributed by atoms with Crippen LogP contribution in [0.25, 0.3) is 0 Å². The highest BCUT2D eigenvalue weighted by molar-refractivity contribution is 6.03. The summed E-state index contributed by atoms with van der Waals surface area (Å²) in [5.74, 6) is 0.405. The van der Waals surface area contributed by atoms with Crippen molar-refractivity contribution in [2.45, 2.75) is 6.92 Å². The van der Waals surface area contributed by atoms with Crippen molar-refractivity contribution in [1.29, 1.82) is 0 Å². The van der Waals surface area contributed by atoms with Crippen LogP contribution < -0.4 is 10.2 Å². The molecular formula is C16H21N5O. The van der Waals surface area contributed by atoms with E-state index in [9.17, 15) is 4.79 Å².